The van der Waals surface area contributed by atoms with Crippen LogP contribution in [-0.2, 0) is 12.8 Å². The number of amides is 1. The number of nitrogens with one attached hydrogen (secondary N) is 1. The molecule has 0 aliphatic carbocycles. The molecule has 2 N–H and O–H groups in total. The second-order valence-corrected chi connectivity index (χ2v) is 9.47. The summed E-state index contributed by atoms with van der Waals surface area (Å²) in [6, 6.07) is 8.45. The fourth-order valence-electron chi connectivity index (χ4n) is 3.92. The maximum Gasteiger partial charge on any atom is 0.254 e. The molecule has 0 radical (unpaired) electrons. The largest absolute Gasteiger partial charge is 0.386 e. The fraction of sp³-hybridized carbons (Fsp3) is 0.304. The van der Waals surface area contributed by atoms with E-state index in [0.29, 0.717) is 16.4 Å². The van der Waals surface area contributed by atoms with E-state index in [4.69, 9.17) is 0 Å². The molecule has 3 aromatic rings. The SMILES string of the molecule is Cc1cc(CCC2(O)CN(C(=O)c3ccc(F)c(F)c3Cc3ccc(I)cc3F)C2)n[nH]1. The molecule has 5 nitrogen and oxygen atoms in total. The number of H-pyrrole nitrogens is 1. The highest BCUT2D eigenvalue weighted by Gasteiger charge is 2.44. The van der Waals surface area contributed by atoms with Gasteiger partial charge in [0.25, 0.3) is 5.91 Å². The summed E-state index contributed by atoms with van der Waals surface area (Å²) in [5, 5.41) is 17.7. The van der Waals surface area contributed by atoms with Crippen LogP contribution in [0.25, 0.3) is 0 Å². The molecule has 4 rings (SSSR count). The fourth-order valence-corrected chi connectivity index (χ4v) is 4.37. The third-order valence-electron chi connectivity index (χ3n) is 5.67. The van der Waals surface area contributed by atoms with Crippen LogP contribution in [0.4, 0.5) is 13.2 Å². The van der Waals surface area contributed by atoms with Crippen LogP contribution in [0.2, 0.25) is 0 Å². The smallest absolute Gasteiger partial charge is 0.254 e. The van der Waals surface area contributed by atoms with Gasteiger partial charge in [-0.3, -0.25) is 9.89 Å². The van der Waals surface area contributed by atoms with E-state index >= 15 is 0 Å². The molecule has 2 heterocycles. The summed E-state index contributed by atoms with van der Waals surface area (Å²) < 4.78 is 43.5. The first-order valence-electron chi connectivity index (χ1n) is 10.1. The van der Waals surface area contributed by atoms with Crippen molar-refractivity contribution in [2.45, 2.75) is 31.8 Å². The number of carbonyl (C=O) groups is 1. The number of aromatic amines is 1. The molecule has 9 heteroatoms. The van der Waals surface area contributed by atoms with E-state index in [1.165, 1.54) is 23.1 Å². The minimum atomic E-state index is -1.17. The summed E-state index contributed by atoms with van der Waals surface area (Å²) in [7, 11) is 0. The number of carbonyl (C=O) groups excluding carboxylic acids is 1. The molecule has 0 spiro atoms. The monoisotopic (exact) mass is 555 g/mol. The van der Waals surface area contributed by atoms with Crippen molar-refractivity contribution < 1.29 is 23.1 Å². The minimum absolute atomic E-state index is 0.0353. The van der Waals surface area contributed by atoms with Crippen molar-refractivity contribution in [3.8, 4) is 0 Å². The molecule has 0 atom stereocenters. The Balaban J connectivity index is 1.50. The average molecular weight is 555 g/mol. The highest BCUT2D eigenvalue weighted by Crippen LogP contribution is 2.30. The number of aryl methyl sites for hydroxylation is 2. The summed E-state index contributed by atoms with van der Waals surface area (Å²) in [6.45, 7) is 2.04. The Morgan fingerprint density at radius 1 is 1.19 bits per heavy atom. The Labute approximate surface area is 196 Å². The first kappa shape index (κ1) is 22.8. The topological polar surface area (TPSA) is 69.2 Å². The molecule has 1 fully saturated rings. The second-order valence-electron chi connectivity index (χ2n) is 8.23. The lowest BCUT2D eigenvalue weighted by atomic mass is 9.87. The first-order chi connectivity index (χ1) is 15.1. The first-order valence-corrected chi connectivity index (χ1v) is 11.2. The summed E-state index contributed by atoms with van der Waals surface area (Å²) in [5.41, 5.74) is 0.613. The Bertz CT molecular complexity index is 1180. The second kappa shape index (κ2) is 8.86. The van der Waals surface area contributed by atoms with Gasteiger partial charge in [-0.15, -0.1) is 0 Å². The predicted octanol–water partition coefficient (Wildman–Crippen LogP) is 4.15. The highest BCUT2D eigenvalue weighted by molar-refractivity contribution is 14.1. The van der Waals surface area contributed by atoms with Crippen LogP contribution < -0.4 is 0 Å². The van der Waals surface area contributed by atoms with Crippen molar-refractivity contribution in [2.75, 3.05) is 13.1 Å². The van der Waals surface area contributed by atoms with Crippen LogP contribution in [0.1, 0.15) is 39.3 Å². The number of aromatic nitrogens is 2. The van der Waals surface area contributed by atoms with E-state index < -0.39 is 29.0 Å². The Morgan fingerprint density at radius 3 is 2.59 bits per heavy atom. The maximum absolute atomic E-state index is 14.6. The van der Waals surface area contributed by atoms with Crippen molar-refractivity contribution >= 4 is 28.5 Å². The van der Waals surface area contributed by atoms with Gasteiger partial charge in [-0.1, -0.05) is 6.07 Å². The van der Waals surface area contributed by atoms with Crippen molar-refractivity contribution in [3.63, 3.8) is 0 Å². The quantitative estimate of drug-likeness (QED) is 0.450. The highest BCUT2D eigenvalue weighted by atomic mass is 127. The lowest BCUT2D eigenvalue weighted by molar-refractivity contribution is -0.0855. The van der Waals surface area contributed by atoms with Gasteiger partial charge >= 0.3 is 0 Å². The minimum Gasteiger partial charge on any atom is -0.386 e. The van der Waals surface area contributed by atoms with Crippen molar-refractivity contribution in [2.24, 2.45) is 0 Å². The lowest BCUT2D eigenvalue weighted by Gasteiger charge is -2.46. The summed E-state index contributed by atoms with van der Waals surface area (Å²) in [5.74, 6) is -3.34. The average Bonchev–Trinajstić information content (AvgIpc) is 3.14. The molecule has 2 aromatic carbocycles. The van der Waals surface area contributed by atoms with Gasteiger partial charge in [0.15, 0.2) is 11.6 Å². The number of nitrogens with zero attached hydrogens (tertiary/aromatic N) is 2. The number of rotatable bonds is 6. The van der Waals surface area contributed by atoms with Crippen LogP contribution in [0.5, 0.6) is 0 Å². The van der Waals surface area contributed by atoms with E-state index in [0.717, 1.165) is 17.5 Å². The van der Waals surface area contributed by atoms with Crippen molar-refractivity contribution in [1.82, 2.24) is 15.1 Å². The third kappa shape index (κ3) is 4.68. The van der Waals surface area contributed by atoms with Gasteiger partial charge in [-0.05, 0) is 78.3 Å². The lowest BCUT2D eigenvalue weighted by Crippen LogP contribution is -2.63. The zero-order chi connectivity index (χ0) is 23.0. The molecular formula is C23H21F3IN3O2. The number of halogens is 4. The van der Waals surface area contributed by atoms with Crippen LogP contribution in [0.15, 0.2) is 36.4 Å². The van der Waals surface area contributed by atoms with E-state index in [9.17, 15) is 23.1 Å². The van der Waals surface area contributed by atoms with E-state index in [2.05, 4.69) is 10.2 Å². The van der Waals surface area contributed by atoms with Gasteiger partial charge in [0.2, 0.25) is 0 Å². The molecular weight excluding hydrogens is 534 g/mol. The van der Waals surface area contributed by atoms with Crippen molar-refractivity contribution in [1.29, 1.82) is 0 Å². The number of benzene rings is 2. The van der Waals surface area contributed by atoms with Crippen LogP contribution in [0, 0.1) is 27.9 Å². The molecule has 1 aromatic heterocycles. The molecule has 0 unspecified atom stereocenters. The molecule has 1 saturated heterocycles. The normalized spacial score (nSPS) is 15.0. The van der Waals surface area contributed by atoms with Gasteiger partial charge in [0, 0.05) is 26.8 Å². The molecule has 1 amide bonds. The van der Waals surface area contributed by atoms with Crippen LogP contribution in [-0.4, -0.2) is 44.8 Å². The molecule has 0 saturated carbocycles. The third-order valence-corrected chi connectivity index (χ3v) is 6.34. The summed E-state index contributed by atoms with van der Waals surface area (Å²) in [6.07, 6.45) is 0.703. The van der Waals surface area contributed by atoms with Crippen LogP contribution >= 0.6 is 22.6 Å². The number of aliphatic hydroxyl groups is 1. The van der Waals surface area contributed by atoms with Gasteiger partial charge < -0.3 is 10.0 Å². The Morgan fingerprint density at radius 2 is 1.94 bits per heavy atom. The van der Waals surface area contributed by atoms with Gasteiger partial charge in [-0.2, -0.15) is 5.10 Å². The number of hydrogen-bond acceptors (Lipinski definition) is 3. The molecule has 1 aliphatic rings. The maximum atomic E-state index is 14.6. The van der Waals surface area contributed by atoms with Crippen molar-refractivity contribution in [3.05, 3.63) is 85.5 Å². The number of β-amino-alcohol motifs (C(OH)–C–C–N with tert-alkyl or cyclic N) is 1. The standard InChI is InChI=1S/C23H21F3IN3O2/c1-13-8-16(29-28-13)6-7-23(32)11-30(12-23)22(31)17-4-5-19(24)21(26)18(17)9-14-2-3-15(27)10-20(14)25/h2-5,8,10,32H,6-7,9,11-12H2,1H3,(H,28,29). The van der Waals surface area contributed by atoms with Gasteiger partial charge in [0.1, 0.15) is 11.4 Å². The zero-order valence-electron chi connectivity index (χ0n) is 17.3. The molecule has 32 heavy (non-hydrogen) atoms. The Hall–Kier alpha value is -2.40. The summed E-state index contributed by atoms with van der Waals surface area (Å²) in [4.78, 5) is 14.4. The van der Waals surface area contributed by atoms with E-state index in [1.807, 2.05) is 35.6 Å². The Kier molecular flexibility index (Phi) is 6.30. The van der Waals surface area contributed by atoms with Gasteiger partial charge in [-0.25, -0.2) is 13.2 Å². The van der Waals surface area contributed by atoms with E-state index in [1.54, 1.807) is 6.07 Å². The number of likely N-dealkylation sites (tertiary alicyclic amines) is 1. The van der Waals surface area contributed by atoms with Crippen LogP contribution in [0.3, 0.4) is 0 Å². The molecule has 168 valence electrons. The van der Waals surface area contributed by atoms with E-state index in [-0.39, 0.29) is 36.2 Å². The predicted molar refractivity (Wildman–Crippen MR) is 121 cm³/mol. The van der Waals surface area contributed by atoms with Gasteiger partial charge in [0.05, 0.1) is 18.8 Å². The number of hydrogen-bond donors (Lipinski definition) is 2. The zero-order valence-corrected chi connectivity index (χ0v) is 19.4. The molecule has 0 bridgehead atoms. The molecule has 1 aliphatic heterocycles. The summed E-state index contributed by atoms with van der Waals surface area (Å²) >= 11 is 1.95.